The van der Waals surface area contributed by atoms with E-state index in [1.54, 1.807) is 0 Å². The number of esters is 1. The van der Waals surface area contributed by atoms with Crippen LogP contribution in [-0.2, 0) is 20.7 Å². The molecule has 0 aliphatic carbocycles. The Bertz CT molecular complexity index is 518. The number of ether oxygens (including phenoxy) is 1. The van der Waals surface area contributed by atoms with E-state index in [4.69, 9.17) is 4.74 Å². The topological polar surface area (TPSA) is 75.6 Å². The van der Waals surface area contributed by atoms with Gasteiger partial charge in [0.15, 0.2) is 0 Å². The van der Waals surface area contributed by atoms with Gasteiger partial charge in [-0.15, -0.1) is 0 Å². The predicted molar refractivity (Wildman–Crippen MR) is 108 cm³/mol. The van der Waals surface area contributed by atoms with Crippen LogP contribution in [0.25, 0.3) is 0 Å². The standard InChI is InChI=1S/C22H35NO4/c1-2-3-4-5-6-7-8-12-17-27-21(24)15-16-23-20(22(25)26)18-19-13-10-9-11-14-19/h9-11,13-14,20,23H,2-8,12,15-18H2,1H3,(H,25,26)/t20-/m1/s1. The summed E-state index contributed by atoms with van der Waals surface area (Å²) < 4.78 is 5.22. The van der Waals surface area contributed by atoms with Gasteiger partial charge in [-0.25, -0.2) is 0 Å². The molecule has 5 nitrogen and oxygen atoms in total. The fraction of sp³-hybridized carbons (Fsp3) is 0.636. The lowest BCUT2D eigenvalue weighted by Crippen LogP contribution is -2.39. The molecule has 0 saturated heterocycles. The molecule has 0 unspecified atom stereocenters. The summed E-state index contributed by atoms with van der Waals surface area (Å²) in [5.74, 6) is -1.18. The highest BCUT2D eigenvalue weighted by molar-refractivity contribution is 5.74. The van der Waals surface area contributed by atoms with Crippen molar-refractivity contribution < 1.29 is 19.4 Å². The van der Waals surface area contributed by atoms with Crippen LogP contribution in [0.3, 0.4) is 0 Å². The van der Waals surface area contributed by atoms with Crippen LogP contribution in [0.5, 0.6) is 0 Å². The molecule has 27 heavy (non-hydrogen) atoms. The van der Waals surface area contributed by atoms with Gasteiger partial charge in [0, 0.05) is 6.54 Å². The molecule has 1 aromatic rings. The zero-order valence-electron chi connectivity index (χ0n) is 16.6. The normalized spacial score (nSPS) is 11.9. The predicted octanol–water partition coefficient (Wildman–Crippen LogP) is 4.35. The van der Waals surface area contributed by atoms with Crippen molar-refractivity contribution in [2.24, 2.45) is 0 Å². The van der Waals surface area contributed by atoms with Gasteiger partial charge in [0.05, 0.1) is 13.0 Å². The van der Waals surface area contributed by atoms with E-state index >= 15 is 0 Å². The first kappa shape index (κ1) is 23.2. The second kappa shape index (κ2) is 15.2. The molecule has 1 atom stereocenters. The van der Waals surface area contributed by atoms with Crippen molar-refractivity contribution >= 4 is 11.9 Å². The van der Waals surface area contributed by atoms with E-state index in [0.29, 0.717) is 19.6 Å². The van der Waals surface area contributed by atoms with Gasteiger partial charge in [0.1, 0.15) is 6.04 Å². The minimum Gasteiger partial charge on any atom is -0.480 e. The summed E-state index contributed by atoms with van der Waals surface area (Å²) in [6.07, 6.45) is 10.2. The van der Waals surface area contributed by atoms with Gasteiger partial charge >= 0.3 is 11.9 Å². The van der Waals surface area contributed by atoms with Gasteiger partial charge in [-0.1, -0.05) is 82.2 Å². The van der Waals surface area contributed by atoms with Gasteiger partial charge in [-0.3, -0.25) is 9.59 Å². The highest BCUT2D eigenvalue weighted by Crippen LogP contribution is 2.08. The van der Waals surface area contributed by atoms with Crippen LogP contribution in [0.2, 0.25) is 0 Å². The summed E-state index contributed by atoms with van der Waals surface area (Å²) in [7, 11) is 0. The fourth-order valence-corrected chi connectivity index (χ4v) is 2.94. The molecule has 0 aromatic heterocycles. The fourth-order valence-electron chi connectivity index (χ4n) is 2.94. The molecule has 0 spiro atoms. The van der Waals surface area contributed by atoms with E-state index in [1.807, 2.05) is 30.3 Å². The summed E-state index contributed by atoms with van der Waals surface area (Å²) in [5, 5.41) is 12.2. The number of rotatable bonds is 16. The van der Waals surface area contributed by atoms with Crippen molar-refractivity contribution in [3.05, 3.63) is 35.9 Å². The van der Waals surface area contributed by atoms with E-state index in [9.17, 15) is 14.7 Å². The van der Waals surface area contributed by atoms with Gasteiger partial charge in [0.2, 0.25) is 0 Å². The van der Waals surface area contributed by atoms with E-state index in [1.165, 1.54) is 38.5 Å². The minimum absolute atomic E-state index is 0.190. The Hall–Kier alpha value is -1.88. The SMILES string of the molecule is CCCCCCCCCCOC(=O)CCN[C@H](Cc1ccccc1)C(=O)O. The lowest BCUT2D eigenvalue weighted by atomic mass is 10.1. The maximum Gasteiger partial charge on any atom is 0.321 e. The molecule has 0 fully saturated rings. The van der Waals surface area contributed by atoms with Crippen molar-refractivity contribution in [2.45, 2.75) is 77.2 Å². The van der Waals surface area contributed by atoms with Crippen LogP contribution in [-0.4, -0.2) is 36.2 Å². The first-order valence-electron chi connectivity index (χ1n) is 10.3. The third-order valence-corrected chi connectivity index (χ3v) is 4.56. The first-order chi connectivity index (χ1) is 13.1. The maximum atomic E-state index is 11.8. The maximum absolute atomic E-state index is 11.8. The molecule has 152 valence electrons. The average molecular weight is 378 g/mol. The summed E-state index contributed by atoms with van der Waals surface area (Å²) >= 11 is 0. The molecule has 0 bridgehead atoms. The molecule has 2 N–H and O–H groups in total. The first-order valence-corrected chi connectivity index (χ1v) is 10.3. The Balaban J connectivity index is 2.07. The highest BCUT2D eigenvalue weighted by atomic mass is 16.5. The second-order valence-electron chi connectivity index (χ2n) is 6.98. The number of nitrogens with one attached hydrogen (secondary N) is 1. The Morgan fingerprint density at radius 1 is 1.00 bits per heavy atom. The summed E-state index contributed by atoms with van der Waals surface area (Å²) in [5.41, 5.74) is 0.953. The van der Waals surface area contributed by atoms with Crippen LogP contribution in [0, 0.1) is 0 Å². The van der Waals surface area contributed by atoms with E-state index in [-0.39, 0.29) is 12.4 Å². The number of hydrogen-bond acceptors (Lipinski definition) is 4. The smallest absolute Gasteiger partial charge is 0.321 e. The van der Waals surface area contributed by atoms with Gasteiger partial charge < -0.3 is 15.2 Å². The van der Waals surface area contributed by atoms with Crippen LogP contribution < -0.4 is 5.32 Å². The van der Waals surface area contributed by atoms with E-state index < -0.39 is 12.0 Å². The number of hydrogen-bond donors (Lipinski definition) is 2. The monoisotopic (exact) mass is 377 g/mol. The van der Waals surface area contributed by atoms with Crippen molar-refractivity contribution in [1.82, 2.24) is 5.32 Å². The Labute approximate surface area is 163 Å². The number of carbonyl (C=O) groups is 2. The molecular weight excluding hydrogens is 342 g/mol. The number of carbonyl (C=O) groups excluding carboxylic acids is 1. The van der Waals surface area contributed by atoms with Crippen molar-refractivity contribution in [2.75, 3.05) is 13.2 Å². The third kappa shape index (κ3) is 12.2. The Kier molecular flexibility index (Phi) is 13.0. The molecule has 1 aromatic carbocycles. The molecule has 0 radical (unpaired) electrons. The number of unbranched alkanes of at least 4 members (excludes halogenated alkanes) is 7. The lowest BCUT2D eigenvalue weighted by molar-refractivity contribution is -0.144. The Morgan fingerprint density at radius 2 is 1.63 bits per heavy atom. The number of carboxylic acid groups (broad SMARTS) is 1. The summed E-state index contributed by atoms with van der Waals surface area (Å²) in [6, 6.07) is 8.77. The molecule has 0 heterocycles. The van der Waals surface area contributed by atoms with Crippen molar-refractivity contribution in [1.29, 1.82) is 0 Å². The number of carboxylic acids is 1. The molecule has 5 heteroatoms. The van der Waals surface area contributed by atoms with E-state index in [2.05, 4.69) is 12.2 Å². The average Bonchev–Trinajstić information content (AvgIpc) is 2.66. The zero-order valence-corrected chi connectivity index (χ0v) is 16.6. The molecule has 0 saturated carbocycles. The van der Waals surface area contributed by atoms with Crippen molar-refractivity contribution in [3.63, 3.8) is 0 Å². The van der Waals surface area contributed by atoms with Crippen LogP contribution in [0.4, 0.5) is 0 Å². The molecule has 1 rings (SSSR count). The largest absolute Gasteiger partial charge is 0.480 e. The molecule has 0 aliphatic rings. The third-order valence-electron chi connectivity index (χ3n) is 4.56. The summed E-state index contributed by atoms with van der Waals surface area (Å²) in [6.45, 7) is 2.98. The van der Waals surface area contributed by atoms with Gasteiger partial charge in [0.25, 0.3) is 0 Å². The molecular formula is C22H35NO4. The lowest BCUT2D eigenvalue weighted by Gasteiger charge is -2.14. The number of benzene rings is 1. The quantitative estimate of drug-likeness (QED) is 0.331. The van der Waals surface area contributed by atoms with Gasteiger partial charge in [-0.05, 0) is 18.4 Å². The second-order valence-corrected chi connectivity index (χ2v) is 6.98. The van der Waals surface area contributed by atoms with Crippen LogP contribution >= 0.6 is 0 Å². The van der Waals surface area contributed by atoms with Crippen LogP contribution in [0.15, 0.2) is 30.3 Å². The highest BCUT2D eigenvalue weighted by Gasteiger charge is 2.17. The van der Waals surface area contributed by atoms with Gasteiger partial charge in [-0.2, -0.15) is 0 Å². The van der Waals surface area contributed by atoms with E-state index in [0.717, 1.165) is 18.4 Å². The molecule has 0 amide bonds. The van der Waals surface area contributed by atoms with Crippen LogP contribution in [0.1, 0.15) is 70.3 Å². The zero-order chi connectivity index (χ0) is 19.7. The number of aliphatic carboxylic acids is 1. The Morgan fingerprint density at radius 3 is 2.26 bits per heavy atom. The molecule has 0 aliphatic heterocycles. The minimum atomic E-state index is -0.911. The summed E-state index contributed by atoms with van der Waals surface area (Å²) in [4.78, 5) is 23.1. The van der Waals surface area contributed by atoms with Crippen molar-refractivity contribution in [3.8, 4) is 0 Å².